The van der Waals surface area contributed by atoms with Gasteiger partial charge in [-0.25, -0.2) is 0 Å². The van der Waals surface area contributed by atoms with Crippen LogP contribution >= 0.6 is 27.3 Å². The largest absolute Gasteiger partial charge is 0.379 e. The average molecular weight is 449 g/mol. The quantitative estimate of drug-likeness (QED) is 0.665. The molecule has 0 radical (unpaired) electrons. The van der Waals surface area contributed by atoms with Crippen LogP contribution in [0.4, 0.5) is 0 Å². The second-order valence-corrected chi connectivity index (χ2v) is 9.29. The third-order valence-corrected chi connectivity index (χ3v) is 7.09. The number of thiophene rings is 1. The fourth-order valence-corrected chi connectivity index (χ4v) is 5.05. The van der Waals surface area contributed by atoms with Crippen LogP contribution in [-0.4, -0.2) is 55.6 Å². The van der Waals surface area contributed by atoms with Crippen LogP contribution in [0.15, 0.2) is 46.3 Å². The highest BCUT2D eigenvalue weighted by atomic mass is 79.9. The highest BCUT2D eigenvalue weighted by Gasteiger charge is 2.45. The molecule has 2 heterocycles. The second kappa shape index (κ2) is 8.43. The normalized spacial score (nSPS) is 23.8. The molecule has 1 saturated heterocycles. The topological polar surface area (TPSA) is 32.8 Å². The lowest BCUT2D eigenvalue weighted by molar-refractivity contribution is -0.132. The molecule has 1 aromatic heterocycles. The minimum absolute atomic E-state index is 0.129. The van der Waals surface area contributed by atoms with E-state index in [1.807, 2.05) is 11.9 Å². The van der Waals surface area contributed by atoms with E-state index in [2.05, 4.69) is 62.6 Å². The maximum absolute atomic E-state index is 13.0. The van der Waals surface area contributed by atoms with E-state index < -0.39 is 0 Å². The molecule has 0 N–H and O–H groups in total. The molecular formula is C21H25BrN2O2S. The van der Waals surface area contributed by atoms with Crippen molar-refractivity contribution < 1.29 is 9.53 Å². The van der Waals surface area contributed by atoms with Gasteiger partial charge in [0, 0.05) is 41.9 Å². The van der Waals surface area contributed by atoms with Crippen LogP contribution in [0.5, 0.6) is 0 Å². The van der Waals surface area contributed by atoms with Crippen molar-refractivity contribution in [1.29, 1.82) is 0 Å². The van der Waals surface area contributed by atoms with Gasteiger partial charge in [0.05, 0.1) is 19.3 Å². The predicted octanol–water partition coefficient (Wildman–Crippen LogP) is 4.15. The van der Waals surface area contributed by atoms with E-state index in [0.29, 0.717) is 5.92 Å². The molecule has 1 amide bonds. The summed E-state index contributed by atoms with van der Waals surface area (Å²) in [6.07, 6.45) is 0.964. The number of hydrogen-bond acceptors (Lipinski definition) is 4. The number of morpholine rings is 1. The molecule has 2 aromatic rings. The van der Waals surface area contributed by atoms with E-state index in [9.17, 15) is 4.79 Å². The number of rotatable bonds is 6. The highest BCUT2D eigenvalue weighted by molar-refractivity contribution is 9.10. The van der Waals surface area contributed by atoms with Crippen LogP contribution in [-0.2, 0) is 9.53 Å². The van der Waals surface area contributed by atoms with Gasteiger partial charge in [0.1, 0.15) is 0 Å². The Morgan fingerprint density at radius 3 is 2.70 bits per heavy atom. The molecule has 2 fully saturated rings. The summed E-state index contributed by atoms with van der Waals surface area (Å²) < 4.78 is 6.60. The van der Waals surface area contributed by atoms with Crippen LogP contribution < -0.4 is 0 Å². The number of likely N-dealkylation sites (N-methyl/N-ethyl adjacent to an activating group) is 1. The first-order valence-electron chi connectivity index (χ1n) is 9.49. The van der Waals surface area contributed by atoms with Crippen LogP contribution in [0.3, 0.4) is 0 Å². The summed E-state index contributed by atoms with van der Waals surface area (Å²) in [5, 5.41) is 2.12. The van der Waals surface area contributed by atoms with Gasteiger partial charge in [-0.15, -0.1) is 11.3 Å². The average Bonchev–Trinajstić information content (AvgIpc) is 3.31. The van der Waals surface area contributed by atoms with Crippen LogP contribution in [0.25, 0.3) is 0 Å². The van der Waals surface area contributed by atoms with Gasteiger partial charge >= 0.3 is 0 Å². The molecule has 6 heteroatoms. The number of halogens is 1. The fraction of sp³-hybridized carbons (Fsp3) is 0.476. The van der Waals surface area contributed by atoms with Crippen molar-refractivity contribution in [2.75, 3.05) is 39.9 Å². The number of benzene rings is 1. The second-order valence-electron chi connectivity index (χ2n) is 7.40. The molecular weight excluding hydrogens is 424 g/mol. The number of amides is 1. The number of carbonyl (C=O) groups excluding carboxylic acids is 1. The van der Waals surface area contributed by atoms with E-state index in [1.165, 1.54) is 10.4 Å². The Labute approximate surface area is 173 Å². The maximum atomic E-state index is 13.0. The third-order valence-electron chi connectivity index (χ3n) is 5.59. The number of nitrogens with zero attached hydrogens (tertiary/aromatic N) is 2. The van der Waals surface area contributed by atoms with Crippen molar-refractivity contribution >= 4 is 33.2 Å². The van der Waals surface area contributed by atoms with Crippen molar-refractivity contribution in [3.05, 3.63) is 56.7 Å². The number of hydrogen-bond donors (Lipinski definition) is 0. The molecule has 0 unspecified atom stereocenters. The van der Waals surface area contributed by atoms with Gasteiger partial charge in [-0.3, -0.25) is 9.69 Å². The molecule has 4 rings (SSSR count). The van der Waals surface area contributed by atoms with Gasteiger partial charge in [-0.05, 0) is 41.5 Å². The first-order valence-corrected chi connectivity index (χ1v) is 11.2. The fourth-order valence-electron chi connectivity index (χ4n) is 3.93. The minimum atomic E-state index is 0.129. The standard InChI is InChI=1S/C21H25BrN2O2S/c1-23(21(25)18-13-17(18)15-4-6-16(22)7-5-15)14-19(20-3-2-12-27-20)24-8-10-26-11-9-24/h2-7,12,17-19H,8-11,13-14H2,1H3/t17-,18-,19+/m0/s1. The lowest BCUT2D eigenvalue weighted by Gasteiger charge is -2.36. The Balaban J connectivity index is 1.41. The summed E-state index contributed by atoms with van der Waals surface area (Å²) in [6, 6.07) is 12.9. The lowest BCUT2D eigenvalue weighted by Crippen LogP contribution is -2.44. The molecule has 0 spiro atoms. The molecule has 144 valence electrons. The molecule has 3 atom stereocenters. The SMILES string of the molecule is CN(C[C@H](c1cccs1)N1CCOCC1)C(=O)[C@H]1C[C@H]1c1ccc(Br)cc1. The molecule has 2 aliphatic rings. The lowest BCUT2D eigenvalue weighted by atomic mass is 10.1. The molecule has 1 saturated carbocycles. The van der Waals surface area contributed by atoms with Crippen molar-refractivity contribution in [1.82, 2.24) is 9.80 Å². The van der Waals surface area contributed by atoms with E-state index >= 15 is 0 Å². The van der Waals surface area contributed by atoms with Crippen LogP contribution in [0.2, 0.25) is 0 Å². The summed E-state index contributed by atoms with van der Waals surface area (Å²) in [5.41, 5.74) is 1.27. The van der Waals surface area contributed by atoms with Crippen molar-refractivity contribution in [2.45, 2.75) is 18.4 Å². The Kier molecular flexibility index (Phi) is 5.97. The number of carbonyl (C=O) groups is 1. The van der Waals surface area contributed by atoms with Crippen LogP contribution in [0.1, 0.15) is 28.8 Å². The summed E-state index contributed by atoms with van der Waals surface area (Å²) in [4.78, 5) is 18.8. The third kappa shape index (κ3) is 4.45. The summed E-state index contributed by atoms with van der Waals surface area (Å²) in [5.74, 6) is 0.777. The molecule has 4 nitrogen and oxygen atoms in total. The monoisotopic (exact) mass is 448 g/mol. The van der Waals surface area contributed by atoms with Crippen molar-refractivity contribution in [3.8, 4) is 0 Å². The van der Waals surface area contributed by atoms with Crippen molar-refractivity contribution in [2.24, 2.45) is 5.92 Å². The van der Waals surface area contributed by atoms with E-state index in [1.54, 1.807) is 11.3 Å². The van der Waals surface area contributed by atoms with Gasteiger partial charge in [0.25, 0.3) is 0 Å². The van der Waals surface area contributed by atoms with Gasteiger partial charge in [0.15, 0.2) is 0 Å². The maximum Gasteiger partial charge on any atom is 0.226 e. The summed E-state index contributed by atoms with van der Waals surface area (Å²) in [7, 11) is 1.96. The number of ether oxygens (including phenoxy) is 1. The Morgan fingerprint density at radius 1 is 1.30 bits per heavy atom. The zero-order chi connectivity index (χ0) is 18.8. The molecule has 1 aliphatic carbocycles. The Bertz CT molecular complexity index is 759. The van der Waals surface area contributed by atoms with Gasteiger partial charge in [0.2, 0.25) is 5.91 Å². The van der Waals surface area contributed by atoms with Gasteiger partial charge in [-0.2, -0.15) is 0 Å². The first kappa shape index (κ1) is 19.1. The minimum Gasteiger partial charge on any atom is -0.379 e. The molecule has 0 bridgehead atoms. The molecule has 1 aliphatic heterocycles. The van der Waals surface area contributed by atoms with Crippen LogP contribution in [0, 0.1) is 5.92 Å². The van der Waals surface area contributed by atoms with E-state index in [4.69, 9.17) is 4.74 Å². The predicted molar refractivity (Wildman–Crippen MR) is 112 cm³/mol. The molecule has 1 aromatic carbocycles. The summed E-state index contributed by atoms with van der Waals surface area (Å²) in [6.45, 7) is 4.13. The van der Waals surface area contributed by atoms with E-state index in [-0.39, 0.29) is 17.9 Å². The van der Waals surface area contributed by atoms with Crippen molar-refractivity contribution in [3.63, 3.8) is 0 Å². The zero-order valence-electron chi connectivity index (χ0n) is 15.5. The highest BCUT2D eigenvalue weighted by Crippen LogP contribution is 2.48. The molecule has 27 heavy (non-hydrogen) atoms. The van der Waals surface area contributed by atoms with E-state index in [0.717, 1.165) is 43.7 Å². The Hall–Kier alpha value is -1.21. The summed E-state index contributed by atoms with van der Waals surface area (Å²) >= 11 is 5.25. The first-order chi connectivity index (χ1) is 13.1. The van der Waals surface area contributed by atoms with Gasteiger partial charge < -0.3 is 9.64 Å². The smallest absolute Gasteiger partial charge is 0.226 e. The van der Waals surface area contributed by atoms with Gasteiger partial charge in [-0.1, -0.05) is 34.1 Å². The zero-order valence-corrected chi connectivity index (χ0v) is 17.9. The Morgan fingerprint density at radius 2 is 2.04 bits per heavy atom.